The third-order valence-electron chi connectivity index (χ3n) is 3.17. The molecule has 1 rings (SSSR count). The molecule has 0 fully saturated rings. The van der Waals surface area contributed by atoms with Crippen LogP contribution in [0.4, 0.5) is 0 Å². The van der Waals surface area contributed by atoms with Crippen LogP contribution in [0.25, 0.3) is 0 Å². The van der Waals surface area contributed by atoms with Gasteiger partial charge in [-0.2, -0.15) is 5.26 Å². The van der Waals surface area contributed by atoms with E-state index in [4.69, 9.17) is 11.0 Å². The summed E-state index contributed by atoms with van der Waals surface area (Å²) in [6.07, 6.45) is 5.35. The number of amides is 1. The topological polar surface area (TPSA) is 66.9 Å². The molecule has 0 aliphatic heterocycles. The van der Waals surface area contributed by atoms with Gasteiger partial charge < -0.3 is 5.73 Å². The molecule has 0 radical (unpaired) electrons. The van der Waals surface area contributed by atoms with Gasteiger partial charge in [-0.25, -0.2) is 0 Å². The Morgan fingerprint density at radius 3 is 2.55 bits per heavy atom. The van der Waals surface area contributed by atoms with Gasteiger partial charge in [0, 0.05) is 0 Å². The van der Waals surface area contributed by atoms with Crippen LogP contribution in [-0.2, 0) is 17.6 Å². The summed E-state index contributed by atoms with van der Waals surface area (Å²) in [7, 11) is 0. The molecule has 2 N–H and O–H groups in total. The minimum absolute atomic E-state index is 0.0426. The van der Waals surface area contributed by atoms with Crippen molar-refractivity contribution in [2.24, 2.45) is 11.7 Å². The molecule has 0 aromatic heterocycles. The molecule has 0 bridgehead atoms. The summed E-state index contributed by atoms with van der Waals surface area (Å²) in [6, 6.07) is 10.3. The maximum Gasteiger partial charge on any atom is 0.259 e. The molecule has 0 heterocycles. The van der Waals surface area contributed by atoms with Crippen LogP contribution in [0.3, 0.4) is 0 Å². The van der Waals surface area contributed by atoms with Crippen molar-refractivity contribution in [3.63, 3.8) is 0 Å². The van der Waals surface area contributed by atoms with Crippen LogP contribution in [0.15, 0.2) is 35.9 Å². The standard InChI is InChI=1S/C17H22N2O/c1-13(2)9-10-15-6-3-5-14(11-15)7-4-8-16(12-18)17(19)20/h3,5-6,8,11,13H,4,7,9-10H2,1-2H3,(H2,19,20)/b16-8+. The van der Waals surface area contributed by atoms with E-state index < -0.39 is 5.91 Å². The molecule has 1 aromatic rings. The number of nitrogens with two attached hydrogens (primary N) is 1. The number of carbonyl (C=O) groups excluding carboxylic acids is 1. The van der Waals surface area contributed by atoms with Gasteiger partial charge in [0.15, 0.2) is 0 Å². The Balaban J connectivity index is 2.59. The number of carbonyl (C=O) groups is 1. The molecule has 1 aromatic carbocycles. The predicted octanol–water partition coefficient (Wildman–Crippen LogP) is 3.14. The van der Waals surface area contributed by atoms with Gasteiger partial charge in [-0.05, 0) is 42.7 Å². The molecule has 0 atom stereocenters. The first kappa shape index (κ1) is 16.0. The predicted molar refractivity (Wildman–Crippen MR) is 80.8 cm³/mol. The number of benzene rings is 1. The highest BCUT2D eigenvalue weighted by atomic mass is 16.1. The van der Waals surface area contributed by atoms with E-state index in [1.165, 1.54) is 17.5 Å². The van der Waals surface area contributed by atoms with Crippen LogP contribution in [0.5, 0.6) is 0 Å². The van der Waals surface area contributed by atoms with Crippen LogP contribution in [0, 0.1) is 17.2 Å². The van der Waals surface area contributed by atoms with E-state index in [1.807, 2.05) is 6.07 Å². The Labute approximate surface area is 121 Å². The number of nitriles is 1. The largest absolute Gasteiger partial charge is 0.365 e. The van der Waals surface area contributed by atoms with Gasteiger partial charge >= 0.3 is 0 Å². The van der Waals surface area contributed by atoms with Gasteiger partial charge in [0.05, 0.1) is 0 Å². The first-order valence-electron chi connectivity index (χ1n) is 7.00. The summed E-state index contributed by atoms with van der Waals surface area (Å²) in [5, 5.41) is 8.74. The SMILES string of the molecule is CC(C)CCc1cccc(CC/C=C(\C#N)C(N)=O)c1. The lowest BCUT2D eigenvalue weighted by molar-refractivity contribution is -0.114. The fourth-order valence-corrected chi connectivity index (χ4v) is 1.98. The van der Waals surface area contributed by atoms with E-state index in [9.17, 15) is 4.79 Å². The van der Waals surface area contributed by atoms with Gasteiger partial charge in [0.25, 0.3) is 5.91 Å². The summed E-state index contributed by atoms with van der Waals surface area (Å²) in [5.74, 6) is 0.0496. The Bertz CT molecular complexity index is 524. The van der Waals surface area contributed by atoms with Gasteiger partial charge in [0.1, 0.15) is 11.6 Å². The number of hydrogen-bond acceptors (Lipinski definition) is 2. The molecule has 20 heavy (non-hydrogen) atoms. The lowest BCUT2D eigenvalue weighted by Crippen LogP contribution is -2.12. The van der Waals surface area contributed by atoms with Gasteiger partial charge in [-0.3, -0.25) is 4.79 Å². The van der Waals surface area contributed by atoms with Crippen molar-refractivity contribution in [2.45, 2.75) is 39.5 Å². The first-order chi connectivity index (χ1) is 9.52. The summed E-state index contributed by atoms with van der Waals surface area (Å²) in [4.78, 5) is 10.9. The molecule has 0 aliphatic carbocycles. The number of allylic oxidation sites excluding steroid dienone is 1. The van der Waals surface area contributed by atoms with Crippen molar-refractivity contribution in [1.82, 2.24) is 0 Å². The number of aryl methyl sites for hydroxylation is 2. The number of hydrogen-bond donors (Lipinski definition) is 1. The molecule has 0 saturated carbocycles. The number of rotatable bonds is 7. The van der Waals surface area contributed by atoms with Crippen LogP contribution in [0.2, 0.25) is 0 Å². The zero-order chi connectivity index (χ0) is 15.0. The van der Waals surface area contributed by atoms with Crippen LogP contribution in [0.1, 0.15) is 37.8 Å². The van der Waals surface area contributed by atoms with Crippen molar-refractivity contribution in [3.8, 4) is 6.07 Å². The minimum Gasteiger partial charge on any atom is -0.365 e. The number of primary amides is 1. The fraction of sp³-hybridized carbons (Fsp3) is 0.412. The first-order valence-corrected chi connectivity index (χ1v) is 7.00. The second-order valence-electron chi connectivity index (χ2n) is 5.39. The van der Waals surface area contributed by atoms with Crippen molar-refractivity contribution >= 4 is 5.91 Å². The molecule has 0 saturated heterocycles. The van der Waals surface area contributed by atoms with Crippen molar-refractivity contribution in [2.75, 3.05) is 0 Å². The molecule has 3 nitrogen and oxygen atoms in total. The molecule has 0 aliphatic rings. The Morgan fingerprint density at radius 1 is 1.35 bits per heavy atom. The molecule has 0 spiro atoms. The Morgan fingerprint density at radius 2 is 2.00 bits per heavy atom. The van der Waals surface area contributed by atoms with Gasteiger partial charge in [0.2, 0.25) is 0 Å². The highest BCUT2D eigenvalue weighted by Crippen LogP contribution is 2.13. The van der Waals surface area contributed by atoms with Crippen molar-refractivity contribution < 1.29 is 4.79 Å². The normalized spacial score (nSPS) is 11.4. The smallest absolute Gasteiger partial charge is 0.259 e. The summed E-state index contributed by atoms with van der Waals surface area (Å²) in [5.41, 5.74) is 7.70. The van der Waals surface area contributed by atoms with E-state index in [2.05, 4.69) is 38.1 Å². The second-order valence-corrected chi connectivity index (χ2v) is 5.39. The third kappa shape index (κ3) is 5.71. The molecule has 1 amide bonds. The quantitative estimate of drug-likeness (QED) is 0.611. The highest BCUT2D eigenvalue weighted by Gasteiger charge is 2.02. The molecule has 3 heteroatoms. The van der Waals surface area contributed by atoms with Crippen LogP contribution < -0.4 is 5.73 Å². The lowest BCUT2D eigenvalue weighted by atomic mass is 9.99. The lowest BCUT2D eigenvalue weighted by Gasteiger charge is -2.06. The maximum atomic E-state index is 10.9. The maximum absolute atomic E-state index is 10.9. The summed E-state index contributed by atoms with van der Waals surface area (Å²) >= 11 is 0. The van der Waals surface area contributed by atoms with Crippen LogP contribution in [-0.4, -0.2) is 5.91 Å². The van der Waals surface area contributed by atoms with E-state index in [0.29, 0.717) is 12.3 Å². The van der Waals surface area contributed by atoms with Gasteiger partial charge in [-0.1, -0.05) is 44.2 Å². The Hall–Kier alpha value is -2.08. The average Bonchev–Trinajstić information content (AvgIpc) is 2.41. The molecular formula is C17H22N2O. The zero-order valence-corrected chi connectivity index (χ0v) is 12.2. The van der Waals surface area contributed by atoms with E-state index in [1.54, 1.807) is 6.08 Å². The second kappa shape index (κ2) is 8.16. The van der Waals surface area contributed by atoms with Crippen molar-refractivity contribution in [3.05, 3.63) is 47.0 Å². The third-order valence-corrected chi connectivity index (χ3v) is 3.17. The summed E-state index contributed by atoms with van der Waals surface area (Å²) < 4.78 is 0. The fourth-order valence-electron chi connectivity index (χ4n) is 1.98. The van der Waals surface area contributed by atoms with Gasteiger partial charge in [-0.15, -0.1) is 0 Å². The van der Waals surface area contributed by atoms with E-state index in [-0.39, 0.29) is 5.57 Å². The van der Waals surface area contributed by atoms with Crippen LogP contribution >= 0.6 is 0 Å². The molecular weight excluding hydrogens is 248 g/mol. The zero-order valence-electron chi connectivity index (χ0n) is 12.2. The Kier molecular flexibility index (Phi) is 6.52. The van der Waals surface area contributed by atoms with E-state index in [0.717, 1.165) is 12.8 Å². The monoisotopic (exact) mass is 270 g/mol. The highest BCUT2D eigenvalue weighted by molar-refractivity contribution is 5.95. The number of nitrogens with zero attached hydrogens (tertiary/aromatic N) is 1. The van der Waals surface area contributed by atoms with E-state index >= 15 is 0 Å². The van der Waals surface area contributed by atoms with Crippen molar-refractivity contribution in [1.29, 1.82) is 5.26 Å². The average molecular weight is 270 g/mol. The molecule has 0 unspecified atom stereocenters. The minimum atomic E-state index is -0.654. The summed E-state index contributed by atoms with van der Waals surface area (Å²) in [6.45, 7) is 4.45. The molecule has 106 valence electrons.